The van der Waals surface area contributed by atoms with E-state index in [1.807, 2.05) is 19.1 Å². The van der Waals surface area contributed by atoms with E-state index in [2.05, 4.69) is 4.98 Å². The summed E-state index contributed by atoms with van der Waals surface area (Å²) in [6.45, 7) is 3.21. The van der Waals surface area contributed by atoms with Gasteiger partial charge in [-0.3, -0.25) is 0 Å². The molecule has 1 aromatic heterocycles. The van der Waals surface area contributed by atoms with Crippen LogP contribution in [0, 0.1) is 0 Å². The van der Waals surface area contributed by atoms with Gasteiger partial charge in [0.25, 0.3) is 0 Å². The van der Waals surface area contributed by atoms with E-state index in [-0.39, 0.29) is 6.04 Å². The van der Waals surface area contributed by atoms with Crippen LogP contribution in [-0.2, 0) is 4.74 Å². The topological polar surface area (TPSA) is 57.4 Å². The predicted molar refractivity (Wildman–Crippen MR) is 58.8 cm³/mol. The largest absolute Gasteiger partial charge is 0.477 e. The lowest BCUT2D eigenvalue weighted by molar-refractivity contribution is 0.170. The van der Waals surface area contributed by atoms with E-state index in [0.29, 0.717) is 19.1 Å². The van der Waals surface area contributed by atoms with Crippen LogP contribution in [0.2, 0.25) is 0 Å². The second kappa shape index (κ2) is 6.37. The van der Waals surface area contributed by atoms with Gasteiger partial charge in [-0.25, -0.2) is 4.98 Å². The van der Waals surface area contributed by atoms with Gasteiger partial charge in [0, 0.05) is 37.9 Å². The molecule has 0 fully saturated rings. The standard InChI is InChI=1S/C11H18N2O2/c1-9(12)10-5-3-6-13-11(10)15-8-4-7-14-2/h3,5-6,9H,4,7-8,12H2,1-2H3/t9-/m0/s1. The van der Waals surface area contributed by atoms with Gasteiger partial charge in [-0.2, -0.15) is 0 Å². The summed E-state index contributed by atoms with van der Waals surface area (Å²) in [5.41, 5.74) is 6.74. The highest BCUT2D eigenvalue weighted by atomic mass is 16.5. The van der Waals surface area contributed by atoms with Gasteiger partial charge < -0.3 is 15.2 Å². The van der Waals surface area contributed by atoms with Crippen molar-refractivity contribution < 1.29 is 9.47 Å². The van der Waals surface area contributed by atoms with Gasteiger partial charge in [-0.1, -0.05) is 6.07 Å². The van der Waals surface area contributed by atoms with Gasteiger partial charge >= 0.3 is 0 Å². The van der Waals surface area contributed by atoms with Crippen LogP contribution in [0.3, 0.4) is 0 Å². The van der Waals surface area contributed by atoms with Gasteiger partial charge in [-0.15, -0.1) is 0 Å². The van der Waals surface area contributed by atoms with Crippen LogP contribution in [0.4, 0.5) is 0 Å². The maximum absolute atomic E-state index is 5.80. The predicted octanol–water partition coefficient (Wildman–Crippen LogP) is 1.52. The number of hydrogen-bond acceptors (Lipinski definition) is 4. The van der Waals surface area contributed by atoms with Gasteiger partial charge in [-0.05, 0) is 13.0 Å². The zero-order valence-corrected chi connectivity index (χ0v) is 9.27. The molecule has 1 rings (SSSR count). The zero-order chi connectivity index (χ0) is 11.1. The minimum atomic E-state index is -0.0591. The van der Waals surface area contributed by atoms with E-state index in [1.165, 1.54) is 0 Å². The van der Waals surface area contributed by atoms with Crippen LogP contribution in [0.5, 0.6) is 5.88 Å². The summed E-state index contributed by atoms with van der Waals surface area (Å²) in [7, 11) is 1.67. The molecule has 1 aromatic rings. The maximum atomic E-state index is 5.80. The number of aromatic nitrogens is 1. The number of hydrogen-bond donors (Lipinski definition) is 1. The molecule has 1 heterocycles. The molecule has 0 aliphatic carbocycles. The third-order valence-electron chi connectivity index (χ3n) is 2.02. The fourth-order valence-corrected chi connectivity index (χ4v) is 1.24. The summed E-state index contributed by atoms with van der Waals surface area (Å²) in [6.07, 6.45) is 2.56. The summed E-state index contributed by atoms with van der Waals surface area (Å²) in [5, 5.41) is 0. The Balaban J connectivity index is 2.52. The maximum Gasteiger partial charge on any atom is 0.218 e. The molecule has 4 nitrogen and oxygen atoms in total. The minimum Gasteiger partial charge on any atom is -0.477 e. The van der Waals surface area contributed by atoms with Crippen molar-refractivity contribution in [2.45, 2.75) is 19.4 Å². The molecule has 0 unspecified atom stereocenters. The van der Waals surface area contributed by atoms with Crippen molar-refractivity contribution in [3.05, 3.63) is 23.9 Å². The number of nitrogens with two attached hydrogens (primary N) is 1. The first-order valence-corrected chi connectivity index (χ1v) is 5.08. The molecule has 2 N–H and O–H groups in total. The second-order valence-corrected chi connectivity index (χ2v) is 3.38. The Hall–Kier alpha value is -1.13. The third kappa shape index (κ3) is 3.85. The molecule has 0 spiro atoms. The van der Waals surface area contributed by atoms with Gasteiger partial charge in [0.1, 0.15) is 0 Å². The van der Waals surface area contributed by atoms with Crippen molar-refractivity contribution in [2.24, 2.45) is 5.73 Å². The van der Waals surface area contributed by atoms with Crippen molar-refractivity contribution in [1.29, 1.82) is 0 Å². The minimum absolute atomic E-state index is 0.0591. The molecule has 4 heteroatoms. The smallest absolute Gasteiger partial charge is 0.218 e. The van der Waals surface area contributed by atoms with Crippen molar-refractivity contribution >= 4 is 0 Å². The number of nitrogens with zero attached hydrogens (tertiary/aromatic N) is 1. The molecule has 0 aromatic carbocycles. The first kappa shape index (κ1) is 11.9. The normalized spacial score (nSPS) is 12.5. The number of methoxy groups -OCH3 is 1. The molecule has 0 amide bonds. The van der Waals surface area contributed by atoms with E-state index in [4.69, 9.17) is 15.2 Å². The van der Waals surface area contributed by atoms with E-state index >= 15 is 0 Å². The Morgan fingerprint density at radius 2 is 2.27 bits per heavy atom. The molecule has 0 saturated carbocycles. The van der Waals surface area contributed by atoms with Crippen molar-refractivity contribution in [3.8, 4) is 5.88 Å². The fraction of sp³-hybridized carbons (Fsp3) is 0.545. The Bertz CT molecular complexity index is 290. The van der Waals surface area contributed by atoms with E-state index in [0.717, 1.165) is 12.0 Å². The van der Waals surface area contributed by atoms with Crippen LogP contribution < -0.4 is 10.5 Å². The highest BCUT2D eigenvalue weighted by Crippen LogP contribution is 2.20. The molecule has 84 valence electrons. The lowest BCUT2D eigenvalue weighted by atomic mass is 10.1. The quantitative estimate of drug-likeness (QED) is 0.723. The van der Waals surface area contributed by atoms with Crippen molar-refractivity contribution in [1.82, 2.24) is 4.98 Å². The van der Waals surface area contributed by atoms with Crippen LogP contribution >= 0.6 is 0 Å². The summed E-state index contributed by atoms with van der Waals surface area (Å²) in [5.74, 6) is 0.628. The van der Waals surface area contributed by atoms with Crippen LogP contribution in [0.25, 0.3) is 0 Å². The van der Waals surface area contributed by atoms with Gasteiger partial charge in [0.15, 0.2) is 0 Å². The van der Waals surface area contributed by atoms with Crippen molar-refractivity contribution in [3.63, 3.8) is 0 Å². The summed E-state index contributed by atoms with van der Waals surface area (Å²) in [4.78, 5) is 4.15. The van der Waals surface area contributed by atoms with Gasteiger partial charge in [0.2, 0.25) is 5.88 Å². The van der Waals surface area contributed by atoms with E-state index < -0.39 is 0 Å². The molecular formula is C11H18N2O2. The second-order valence-electron chi connectivity index (χ2n) is 3.38. The molecule has 0 aliphatic heterocycles. The number of rotatable bonds is 6. The Labute approximate surface area is 90.4 Å². The molecule has 0 bridgehead atoms. The monoisotopic (exact) mass is 210 g/mol. The highest BCUT2D eigenvalue weighted by Gasteiger charge is 2.07. The lowest BCUT2D eigenvalue weighted by Crippen LogP contribution is -2.10. The molecule has 1 atom stereocenters. The molecule has 0 aliphatic rings. The molecular weight excluding hydrogens is 192 g/mol. The Morgan fingerprint density at radius 1 is 1.47 bits per heavy atom. The number of ether oxygens (including phenoxy) is 2. The SMILES string of the molecule is COCCCOc1ncccc1[C@H](C)N. The Morgan fingerprint density at radius 3 is 2.93 bits per heavy atom. The average Bonchev–Trinajstić information content (AvgIpc) is 2.25. The zero-order valence-electron chi connectivity index (χ0n) is 9.27. The summed E-state index contributed by atoms with van der Waals surface area (Å²) < 4.78 is 10.5. The van der Waals surface area contributed by atoms with Crippen LogP contribution in [0.1, 0.15) is 24.9 Å². The third-order valence-corrected chi connectivity index (χ3v) is 2.02. The fourth-order valence-electron chi connectivity index (χ4n) is 1.24. The highest BCUT2D eigenvalue weighted by molar-refractivity contribution is 5.27. The molecule has 0 saturated heterocycles. The first-order valence-electron chi connectivity index (χ1n) is 5.08. The molecule has 15 heavy (non-hydrogen) atoms. The summed E-state index contributed by atoms with van der Waals surface area (Å²) in [6, 6.07) is 3.74. The Kier molecular flexibility index (Phi) is 5.07. The van der Waals surface area contributed by atoms with Crippen molar-refractivity contribution in [2.75, 3.05) is 20.3 Å². The molecule has 0 radical (unpaired) electrons. The lowest BCUT2D eigenvalue weighted by Gasteiger charge is -2.12. The van der Waals surface area contributed by atoms with E-state index in [9.17, 15) is 0 Å². The summed E-state index contributed by atoms with van der Waals surface area (Å²) >= 11 is 0. The van der Waals surface area contributed by atoms with E-state index in [1.54, 1.807) is 13.3 Å². The first-order chi connectivity index (χ1) is 7.25. The number of pyridine rings is 1. The van der Waals surface area contributed by atoms with Crippen LogP contribution in [0.15, 0.2) is 18.3 Å². The van der Waals surface area contributed by atoms with Gasteiger partial charge in [0.05, 0.1) is 6.61 Å². The van der Waals surface area contributed by atoms with Crippen LogP contribution in [-0.4, -0.2) is 25.3 Å². The average molecular weight is 210 g/mol.